The van der Waals surface area contributed by atoms with E-state index in [0.717, 1.165) is 5.88 Å². The summed E-state index contributed by atoms with van der Waals surface area (Å²) in [5.74, 6) is 1.09. The summed E-state index contributed by atoms with van der Waals surface area (Å²) in [7, 11) is 0. The molecule has 0 bridgehead atoms. The zero-order chi connectivity index (χ0) is 12.5. The molecule has 2 heteroatoms. The van der Waals surface area contributed by atoms with E-state index in [4.69, 9.17) is 0 Å². The van der Waals surface area contributed by atoms with Crippen molar-refractivity contribution < 1.29 is 0 Å². The Bertz CT molecular complexity index is 176. The van der Waals surface area contributed by atoms with Crippen LogP contribution in [0.4, 0.5) is 0 Å². The van der Waals surface area contributed by atoms with Crippen LogP contribution in [0.1, 0.15) is 62.3 Å². The summed E-state index contributed by atoms with van der Waals surface area (Å²) in [6.07, 6.45) is 0. The van der Waals surface area contributed by atoms with Gasteiger partial charge in [-0.1, -0.05) is 20.8 Å². The maximum absolute atomic E-state index is 2.57. The Balaban J connectivity index is 4.56. The minimum Gasteiger partial charge on any atom is -0.284 e. The van der Waals surface area contributed by atoms with Gasteiger partial charge >= 0.3 is 0 Å². The smallest absolute Gasteiger partial charge is 0.0459 e. The highest BCUT2D eigenvalue weighted by molar-refractivity contribution is 8.00. The summed E-state index contributed by atoms with van der Waals surface area (Å²) in [5, 5.41) is 0. The predicted molar refractivity (Wildman–Crippen MR) is 73.6 cm³/mol. The fourth-order valence-corrected chi connectivity index (χ4v) is 2.94. The zero-order valence-electron chi connectivity index (χ0n) is 12.1. The fraction of sp³-hybridized carbons (Fsp3) is 1.00. The molecule has 0 fully saturated rings. The summed E-state index contributed by atoms with van der Waals surface area (Å²) < 4.78 is 0.342. The topological polar surface area (TPSA) is 3.24 Å². The molecular weight excluding hydrogens is 202 g/mol. The van der Waals surface area contributed by atoms with Crippen molar-refractivity contribution in [3.8, 4) is 0 Å². The molecule has 0 rings (SSSR count). The summed E-state index contributed by atoms with van der Waals surface area (Å²) in [6.45, 7) is 20.6. The van der Waals surface area contributed by atoms with Gasteiger partial charge in [-0.05, 0) is 41.5 Å². The molecule has 0 atom stereocenters. The van der Waals surface area contributed by atoms with Gasteiger partial charge in [-0.15, -0.1) is 11.8 Å². The van der Waals surface area contributed by atoms with Crippen molar-refractivity contribution in [2.24, 2.45) is 0 Å². The van der Waals surface area contributed by atoms with Gasteiger partial charge in [0.05, 0.1) is 0 Å². The molecule has 0 aromatic rings. The largest absolute Gasteiger partial charge is 0.284 e. The van der Waals surface area contributed by atoms with Gasteiger partial charge in [0.25, 0.3) is 0 Å². The maximum atomic E-state index is 2.57. The molecule has 1 nitrogen and oxygen atoms in total. The fourth-order valence-electron chi connectivity index (χ4n) is 1.65. The predicted octanol–water partition coefficient (Wildman–Crippen LogP) is 4.37. The van der Waals surface area contributed by atoms with Crippen LogP contribution in [-0.2, 0) is 0 Å². The highest BCUT2D eigenvalue weighted by Crippen LogP contribution is 2.31. The SMILES string of the molecule is CC(C)(C)SCN(C(C)(C)C)C(C)(C)C. The molecule has 0 aliphatic carbocycles. The zero-order valence-corrected chi connectivity index (χ0v) is 12.9. The van der Waals surface area contributed by atoms with Crippen LogP contribution in [0.25, 0.3) is 0 Å². The van der Waals surface area contributed by atoms with E-state index in [2.05, 4.69) is 67.2 Å². The van der Waals surface area contributed by atoms with Crippen LogP contribution in [0.5, 0.6) is 0 Å². The van der Waals surface area contributed by atoms with E-state index >= 15 is 0 Å². The second kappa shape index (κ2) is 4.67. The number of hydrogen-bond acceptors (Lipinski definition) is 2. The number of nitrogens with zero attached hydrogens (tertiary/aromatic N) is 1. The molecule has 0 heterocycles. The second-order valence-electron chi connectivity index (χ2n) is 7.16. The molecule has 0 aliphatic heterocycles. The molecule has 0 aliphatic rings. The highest BCUT2D eigenvalue weighted by atomic mass is 32.2. The van der Waals surface area contributed by atoms with Gasteiger partial charge in [-0.25, -0.2) is 0 Å². The van der Waals surface area contributed by atoms with Gasteiger partial charge < -0.3 is 0 Å². The molecule has 0 radical (unpaired) electrons. The van der Waals surface area contributed by atoms with Crippen LogP contribution in [0.15, 0.2) is 0 Å². The van der Waals surface area contributed by atoms with E-state index < -0.39 is 0 Å². The van der Waals surface area contributed by atoms with Crippen molar-refractivity contribution in [2.45, 2.75) is 78.1 Å². The lowest BCUT2D eigenvalue weighted by Gasteiger charge is -2.46. The Labute approximate surface area is 101 Å². The Hall–Kier alpha value is 0.310. The minimum atomic E-state index is 0.233. The van der Waals surface area contributed by atoms with Gasteiger partial charge in [0.15, 0.2) is 0 Å². The van der Waals surface area contributed by atoms with Crippen molar-refractivity contribution >= 4 is 11.8 Å². The van der Waals surface area contributed by atoms with Crippen LogP contribution in [0.3, 0.4) is 0 Å². The summed E-state index contributed by atoms with van der Waals surface area (Å²) in [4.78, 5) is 2.57. The molecule has 15 heavy (non-hydrogen) atoms. The van der Waals surface area contributed by atoms with E-state index in [-0.39, 0.29) is 11.1 Å². The van der Waals surface area contributed by atoms with Gasteiger partial charge in [-0.2, -0.15) is 0 Å². The summed E-state index contributed by atoms with van der Waals surface area (Å²) in [6, 6.07) is 0. The quantitative estimate of drug-likeness (QED) is 0.649. The molecule has 0 saturated heterocycles. The van der Waals surface area contributed by atoms with E-state index in [1.807, 2.05) is 11.8 Å². The first-order valence-electron chi connectivity index (χ1n) is 5.76. The number of rotatable bonds is 2. The van der Waals surface area contributed by atoms with E-state index in [0.29, 0.717) is 4.75 Å². The normalized spacial score (nSPS) is 14.8. The van der Waals surface area contributed by atoms with Gasteiger partial charge in [0, 0.05) is 21.7 Å². The van der Waals surface area contributed by atoms with Crippen LogP contribution < -0.4 is 0 Å². The second-order valence-corrected chi connectivity index (χ2v) is 8.93. The van der Waals surface area contributed by atoms with Crippen molar-refractivity contribution in [1.29, 1.82) is 0 Å². The third-order valence-corrected chi connectivity index (χ3v) is 3.50. The first-order valence-corrected chi connectivity index (χ1v) is 6.74. The molecule has 0 spiro atoms. The first kappa shape index (κ1) is 15.3. The minimum absolute atomic E-state index is 0.233. The molecule has 92 valence electrons. The maximum Gasteiger partial charge on any atom is 0.0459 e. The third kappa shape index (κ3) is 6.47. The highest BCUT2D eigenvalue weighted by Gasteiger charge is 2.32. The molecule has 0 unspecified atom stereocenters. The van der Waals surface area contributed by atoms with E-state index in [1.54, 1.807) is 0 Å². The standard InChI is InChI=1S/C13H29NS/c1-11(2,3)14(12(4,5)6)10-15-13(7,8)9/h10H2,1-9H3. The van der Waals surface area contributed by atoms with Crippen LogP contribution in [0, 0.1) is 0 Å². The Kier molecular flexibility index (Phi) is 4.76. The van der Waals surface area contributed by atoms with E-state index in [1.165, 1.54) is 0 Å². The lowest BCUT2D eigenvalue weighted by atomic mass is 9.97. The van der Waals surface area contributed by atoms with Crippen LogP contribution in [-0.4, -0.2) is 26.6 Å². The van der Waals surface area contributed by atoms with Crippen LogP contribution >= 0.6 is 11.8 Å². The van der Waals surface area contributed by atoms with Gasteiger partial charge in [0.2, 0.25) is 0 Å². The van der Waals surface area contributed by atoms with Crippen molar-refractivity contribution in [3.05, 3.63) is 0 Å². The van der Waals surface area contributed by atoms with Crippen molar-refractivity contribution in [2.75, 3.05) is 5.88 Å². The molecule has 0 saturated carbocycles. The Morgan fingerprint density at radius 2 is 1.07 bits per heavy atom. The number of thioether (sulfide) groups is 1. The molecule has 0 aromatic heterocycles. The number of hydrogen-bond donors (Lipinski definition) is 0. The molecule has 0 amide bonds. The molecule has 0 N–H and O–H groups in total. The van der Waals surface area contributed by atoms with Crippen molar-refractivity contribution in [3.63, 3.8) is 0 Å². The summed E-state index contributed by atoms with van der Waals surface area (Å²) in [5.41, 5.74) is 0.465. The average Bonchev–Trinajstić information content (AvgIpc) is 1.75. The van der Waals surface area contributed by atoms with Crippen molar-refractivity contribution in [1.82, 2.24) is 4.90 Å². The monoisotopic (exact) mass is 231 g/mol. The lowest BCUT2D eigenvalue weighted by molar-refractivity contribution is 0.0618. The first-order chi connectivity index (χ1) is 6.34. The third-order valence-electron chi connectivity index (χ3n) is 2.25. The van der Waals surface area contributed by atoms with E-state index in [9.17, 15) is 0 Å². The molecule has 0 aromatic carbocycles. The average molecular weight is 231 g/mol. The van der Waals surface area contributed by atoms with Crippen LogP contribution in [0.2, 0.25) is 0 Å². The van der Waals surface area contributed by atoms with Gasteiger partial charge in [0.1, 0.15) is 0 Å². The summed E-state index contributed by atoms with van der Waals surface area (Å²) >= 11 is 2.02. The van der Waals surface area contributed by atoms with Gasteiger partial charge in [-0.3, -0.25) is 4.90 Å². The molecular formula is C13H29NS. The Morgan fingerprint density at radius 1 is 0.733 bits per heavy atom. The Morgan fingerprint density at radius 3 is 1.27 bits per heavy atom. The lowest BCUT2D eigenvalue weighted by Crippen LogP contribution is -2.52.